The second kappa shape index (κ2) is 8.90. The monoisotopic (exact) mass is 530 g/mol. The summed E-state index contributed by atoms with van der Waals surface area (Å²) >= 11 is 0. The van der Waals surface area contributed by atoms with Crippen molar-refractivity contribution in [3.05, 3.63) is 120 Å². The molecule has 0 spiro atoms. The van der Waals surface area contributed by atoms with Gasteiger partial charge in [0.1, 0.15) is 16.7 Å². The molecule has 4 aromatic heterocycles. The molecule has 0 N–H and O–H groups in total. The summed E-state index contributed by atoms with van der Waals surface area (Å²) < 4.78 is 12.4. The van der Waals surface area contributed by atoms with Crippen molar-refractivity contribution >= 4 is 44.0 Å². The fraction of sp³-hybridized carbons (Fsp3) is 0.0811. The Morgan fingerprint density at radius 2 is 1.32 bits per heavy atom. The van der Waals surface area contributed by atoms with Gasteiger partial charge in [0, 0.05) is 39.0 Å². The Labute approximate surface area is 236 Å². The van der Waals surface area contributed by atoms with Crippen LogP contribution in [0.25, 0.3) is 77.5 Å². The van der Waals surface area contributed by atoms with Crippen LogP contribution in [0.1, 0.15) is 16.8 Å². The summed E-state index contributed by atoms with van der Waals surface area (Å²) in [5, 5.41) is 4.36. The van der Waals surface area contributed by atoms with E-state index in [0.29, 0.717) is 5.71 Å². The molecule has 0 unspecified atom stereocenters. The van der Waals surface area contributed by atoms with Gasteiger partial charge in [-0.1, -0.05) is 54.6 Å². The molecule has 4 heterocycles. The van der Waals surface area contributed by atoms with Gasteiger partial charge in [0.15, 0.2) is 0 Å². The van der Waals surface area contributed by atoms with Crippen LogP contribution in [0.2, 0.25) is 0 Å². The third-order valence-electron chi connectivity index (χ3n) is 8.11. The Morgan fingerprint density at radius 3 is 2.22 bits per heavy atom. The van der Waals surface area contributed by atoms with E-state index >= 15 is 0 Å². The zero-order valence-electron chi connectivity index (χ0n) is 23.0. The average molecular weight is 531 g/mol. The van der Waals surface area contributed by atoms with E-state index in [-0.39, 0.29) is 0 Å². The van der Waals surface area contributed by atoms with Gasteiger partial charge in [-0.05, 0) is 96.6 Å². The smallest absolute Gasteiger partial charge is 0.227 e. The number of hydrogen-bond acceptors (Lipinski definition) is 4. The van der Waals surface area contributed by atoms with Crippen molar-refractivity contribution in [2.45, 2.75) is 20.8 Å². The number of hydrogen-bond donors (Lipinski definition) is 0. The number of fused-ring (bicyclic) bond motifs is 6. The van der Waals surface area contributed by atoms with Crippen molar-refractivity contribution in [2.75, 3.05) is 0 Å². The maximum Gasteiger partial charge on any atom is 0.227 e. The highest BCUT2D eigenvalue weighted by molar-refractivity contribution is 6.09. The summed E-state index contributed by atoms with van der Waals surface area (Å²) in [6.45, 7) is 6.27. The maximum absolute atomic E-state index is 6.31. The zero-order chi connectivity index (χ0) is 27.7. The Morgan fingerprint density at radius 1 is 0.537 bits per heavy atom. The molecule has 4 heteroatoms. The molecule has 0 saturated carbocycles. The molecule has 0 radical (unpaired) electrons. The normalized spacial score (nSPS) is 11.8. The van der Waals surface area contributed by atoms with Crippen molar-refractivity contribution in [3.63, 3.8) is 0 Å². The Hall–Kier alpha value is -5.22. The first-order valence-corrected chi connectivity index (χ1v) is 13.8. The fourth-order valence-corrected chi connectivity index (χ4v) is 5.98. The Bertz CT molecular complexity index is 2300. The van der Waals surface area contributed by atoms with E-state index in [1.165, 1.54) is 16.7 Å². The lowest BCUT2D eigenvalue weighted by molar-refractivity contribution is 0.653. The topological polar surface area (TPSA) is 52.1 Å². The third-order valence-corrected chi connectivity index (χ3v) is 8.11. The van der Waals surface area contributed by atoms with Crippen molar-refractivity contribution in [1.29, 1.82) is 0 Å². The number of para-hydroxylation sites is 2. The largest absolute Gasteiger partial charge is 0.455 e. The van der Waals surface area contributed by atoms with E-state index in [4.69, 9.17) is 13.8 Å². The predicted octanol–water partition coefficient (Wildman–Crippen LogP) is 10.2. The highest BCUT2D eigenvalue weighted by Gasteiger charge is 2.16. The molecular weight excluding hydrogens is 504 g/mol. The van der Waals surface area contributed by atoms with Crippen LogP contribution in [0, 0.1) is 20.8 Å². The van der Waals surface area contributed by atoms with Crippen molar-refractivity contribution < 1.29 is 8.83 Å². The van der Waals surface area contributed by atoms with Crippen LogP contribution in [-0.4, -0.2) is 9.97 Å². The standard InChI is InChI=1S/C37H26N2O2/c1-21-17-24(25-13-16-28-30-14-11-23(3)39-37(30)41-35(28)18-25)12-15-26(21)32-19-33(38-20-22(32)2)31-9-6-8-29-27-7-4-5-10-34(27)40-36(29)31/h4-20H,1-3H3. The molecule has 196 valence electrons. The number of aromatic nitrogens is 2. The highest BCUT2D eigenvalue weighted by atomic mass is 16.3. The molecule has 0 aliphatic carbocycles. The summed E-state index contributed by atoms with van der Waals surface area (Å²) in [6, 6.07) is 33.8. The minimum atomic E-state index is 0.686. The van der Waals surface area contributed by atoms with Gasteiger partial charge in [-0.3, -0.25) is 4.98 Å². The van der Waals surface area contributed by atoms with Crippen LogP contribution in [0.4, 0.5) is 0 Å². The lowest BCUT2D eigenvalue weighted by atomic mass is 9.93. The fourth-order valence-electron chi connectivity index (χ4n) is 5.98. The molecule has 4 nitrogen and oxygen atoms in total. The van der Waals surface area contributed by atoms with Crippen LogP contribution < -0.4 is 0 Å². The lowest BCUT2D eigenvalue weighted by Gasteiger charge is -2.13. The molecule has 8 aromatic rings. The maximum atomic E-state index is 6.31. The van der Waals surface area contributed by atoms with Crippen molar-refractivity contribution in [1.82, 2.24) is 9.97 Å². The van der Waals surface area contributed by atoms with Gasteiger partial charge in [0.25, 0.3) is 0 Å². The first kappa shape index (κ1) is 23.6. The molecule has 0 aliphatic heterocycles. The van der Waals surface area contributed by atoms with Gasteiger partial charge in [-0.2, -0.15) is 0 Å². The summed E-state index contributed by atoms with van der Waals surface area (Å²) in [6.07, 6.45) is 1.96. The summed E-state index contributed by atoms with van der Waals surface area (Å²) in [5.41, 5.74) is 13.1. The molecule has 0 saturated heterocycles. The van der Waals surface area contributed by atoms with Crippen LogP contribution in [0.3, 0.4) is 0 Å². The second-order valence-electron chi connectivity index (χ2n) is 10.8. The van der Waals surface area contributed by atoms with E-state index in [9.17, 15) is 0 Å². The SMILES string of the molecule is Cc1ccc2c(n1)oc1cc(-c3ccc(-c4cc(-c5cccc6c5oc5ccccc56)ncc4C)c(C)c3)ccc12. The number of rotatable bonds is 3. The Balaban J connectivity index is 1.20. The van der Waals surface area contributed by atoms with Crippen LogP contribution >= 0.6 is 0 Å². The quantitative estimate of drug-likeness (QED) is 0.228. The molecule has 0 amide bonds. The molecule has 0 aliphatic rings. The van der Waals surface area contributed by atoms with Gasteiger partial charge < -0.3 is 8.83 Å². The zero-order valence-corrected chi connectivity index (χ0v) is 23.0. The van der Waals surface area contributed by atoms with E-state index in [1.54, 1.807) is 0 Å². The molecule has 41 heavy (non-hydrogen) atoms. The number of benzene rings is 4. The number of nitrogens with zero attached hydrogens (tertiary/aromatic N) is 2. The van der Waals surface area contributed by atoms with Crippen LogP contribution in [0.15, 0.2) is 112 Å². The Kier molecular flexibility index (Phi) is 5.13. The van der Waals surface area contributed by atoms with Gasteiger partial charge in [-0.15, -0.1) is 0 Å². The summed E-state index contributed by atoms with van der Waals surface area (Å²) in [5.74, 6) is 0. The van der Waals surface area contributed by atoms with Crippen molar-refractivity contribution in [2.24, 2.45) is 0 Å². The van der Waals surface area contributed by atoms with Gasteiger partial charge >= 0.3 is 0 Å². The molecule has 4 aromatic carbocycles. The molecule has 0 atom stereocenters. The first-order chi connectivity index (χ1) is 20.0. The van der Waals surface area contributed by atoms with Crippen LogP contribution in [0.5, 0.6) is 0 Å². The van der Waals surface area contributed by atoms with Crippen LogP contribution in [-0.2, 0) is 0 Å². The van der Waals surface area contributed by atoms with Crippen molar-refractivity contribution in [3.8, 4) is 33.5 Å². The highest BCUT2D eigenvalue weighted by Crippen LogP contribution is 2.38. The van der Waals surface area contributed by atoms with E-state index in [0.717, 1.165) is 71.9 Å². The van der Waals surface area contributed by atoms with E-state index in [1.807, 2.05) is 37.4 Å². The molecule has 0 bridgehead atoms. The second-order valence-corrected chi connectivity index (χ2v) is 10.8. The molecule has 0 fully saturated rings. The number of furan rings is 2. The molecule has 8 rings (SSSR count). The van der Waals surface area contributed by atoms with E-state index < -0.39 is 0 Å². The summed E-state index contributed by atoms with van der Waals surface area (Å²) in [7, 11) is 0. The lowest BCUT2D eigenvalue weighted by Crippen LogP contribution is -1.92. The van der Waals surface area contributed by atoms with Gasteiger partial charge in [-0.25, -0.2) is 4.98 Å². The molecular formula is C37H26N2O2. The minimum absolute atomic E-state index is 0.686. The summed E-state index contributed by atoms with van der Waals surface area (Å²) in [4.78, 5) is 9.39. The number of pyridine rings is 2. The average Bonchev–Trinajstić information content (AvgIpc) is 3.55. The van der Waals surface area contributed by atoms with E-state index in [2.05, 4.69) is 91.6 Å². The van der Waals surface area contributed by atoms with Gasteiger partial charge in [0.2, 0.25) is 5.71 Å². The third kappa shape index (κ3) is 3.75. The first-order valence-electron chi connectivity index (χ1n) is 13.8. The number of aryl methyl sites for hydroxylation is 3. The van der Waals surface area contributed by atoms with Gasteiger partial charge in [0.05, 0.1) is 5.69 Å². The minimum Gasteiger partial charge on any atom is -0.455 e. The predicted molar refractivity (Wildman–Crippen MR) is 167 cm³/mol.